The average molecular weight is 331 g/mol. The molecule has 3 nitrogen and oxygen atoms in total. The summed E-state index contributed by atoms with van der Waals surface area (Å²) in [7, 11) is 0. The van der Waals surface area contributed by atoms with Crippen molar-refractivity contribution in [1.29, 1.82) is 0 Å². The number of carbonyl (C=O) groups excluding carboxylic acids is 1. The molecule has 106 valence electrons. The molecular weight excluding hydrogens is 311 g/mol. The van der Waals surface area contributed by atoms with Crippen LogP contribution in [0.3, 0.4) is 0 Å². The van der Waals surface area contributed by atoms with Gasteiger partial charge in [0, 0.05) is 17.6 Å². The lowest BCUT2D eigenvalue weighted by Gasteiger charge is -2.18. The molecule has 0 heterocycles. The smallest absolute Gasteiger partial charge is 0.224 e. The Morgan fingerprint density at radius 2 is 2.16 bits per heavy atom. The maximum Gasteiger partial charge on any atom is 0.224 e. The van der Waals surface area contributed by atoms with Crippen LogP contribution in [0.2, 0.25) is 0 Å². The molecule has 0 aliphatic heterocycles. The van der Waals surface area contributed by atoms with Crippen LogP contribution in [0.15, 0.2) is 22.7 Å². The molecule has 0 radical (unpaired) electrons. The van der Waals surface area contributed by atoms with Gasteiger partial charge in [0.1, 0.15) is 5.82 Å². The van der Waals surface area contributed by atoms with E-state index in [1.165, 1.54) is 6.07 Å². The predicted molar refractivity (Wildman–Crippen MR) is 78.2 cm³/mol. The van der Waals surface area contributed by atoms with E-state index in [4.69, 9.17) is 5.73 Å². The number of benzene rings is 1. The molecule has 1 rings (SSSR count). The summed E-state index contributed by atoms with van der Waals surface area (Å²) < 4.78 is 14.3. The van der Waals surface area contributed by atoms with Crippen molar-refractivity contribution in [3.8, 4) is 0 Å². The van der Waals surface area contributed by atoms with E-state index in [1.54, 1.807) is 12.1 Å². The quantitative estimate of drug-likeness (QED) is 0.841. The third-order valence-electron chi connectivity index (χ3n) is 3.10. The molecule has 0 spiro atoms. The van der Waals surface area contributed by atoms with E-state index in [1.807, 2.05) is 13.8 Å². The molecule has 1 aromatic carbocycles. The highest BCUT2D eigenvalue weighted by atomic mass is 79.9. The minimum atomic E-state index is -0.253. The normalized spacial score (nSPS) is 12.5. The van der Waals surface area contributed by atoms with Crippen LogP contribution in [0, 0.1) is 17.7 Å². The summed E-state index contributed by atoms with van der Waals surface area (Å²) in [5, 5.41) is 2.81. The Morgan fingerprint density at radius 1 is 1.47 bits per heavy atom. The van der Waals surface area contributed by atoms with Crippen molar-refractivity contribution >= 4 is 21.8 Å². The summed E-state index contributed by atoms with van der Waals surface area (Å²) in [5.74, 6) is -0.301. The molecule has 0 saturated heterocycles. The van der Waals surface area contributed by atoms with Gasteiger partial charge in [-0.1, -0.05) is 29.8 Å². The molecular formula is C14H20BrFN2O. The molecule has 5 heteroatoms. The first-order chi connectivity index (χ1) is 8.95. The van der Waals surface area contributed by atoms with Crippen molar-refractivity contribution in [2.45, 2.75) is 20.3 Å². The molecule has 1 aromatic rings. The van der Waals surface area contributed by atoms with Gasteiger partial charge in [-0.15, -0.1) is 0 Å². The van der Waals surface area contributed by atoms with Gasteiger partial charge in [0.05, 0.1) is 5.92 Å². The van der Waals surface area contributed by atoms with Crippen LogP contribution in [0.1, 0.15) is 19.4 Å². The Kier molecular flexibility index (Phi) is 6.45. The standard InChI is InChI=1S/C14H20BrFN2O/c1-9(2)12(8-17)14(19)18-6-5-10-7-11(15)3-4-13(10)16/h3-4,7,9,12H,5-6,8,17H2,1-2H3,(H,18,19). The Hall–Kier alpha value is -0.940. The average Bonchev–Trinajstić information content (AvgIpc) is 2.34. The largest absolute Gasteiger partial charge is 0.355 e. The van der Waals surface area contributed by atoms with Gasteiger partial charge in [0.2, 0.25) is 5.91 Å². The number of nitrogens with one attached hydrogen (secondary N) is 1. The van der Waals surface area contributed by atoms with Gasteiger partial charge in [0.15, 0.2) is 0 Å². The molecule has 1 atom stereocenters. The fraction of sp³-hybridized carbons (Fsp3) is 0.500. The number of amides is 1. The van der Waals surface area contributed by atoms with Crippen LogP contribution >= 0.6 is 15.9 Å². The van der Waals surface area contributed by atoms with Crippen molar-refractivity contribution < 1.29 is 9.18 Å². The first kappa shape index (κ1) is 16.1. The summed E-state index contributed by atoms with van der Waals surface area (Å²) in [4.78, 5) is 11.9. The van der Waals surface area contributed by atoms with E-state index in [-0.39, 0.29) is 23.6 Å². The molecule has 0 fully saturated rings. The van der Waals surface area contributed by atoms with E-state index >= 15 is 0 Å². The number of nitrogens with two attached hydrogens (primary N) is 1. The lowest BCUT2D eigenvalue weighted by Crippen LogP contribution is -2.38. The Bertz CT molecular complexity index is 437. The van der Waals surface area contributed by atoms with Crippen molar-refractivity contribution in [2.24, 2.45) is 17.6 Å². The highest BCUT2D eigenvalue weighted by Gasteiger charge is 2.19. The number of hydrogen-bond donors (Lipinski definition) is 2. The summed E-state index contributed by atoms with van der Waals surface area (Å²) in [6, 6.07) is 4.79. The van der Waals surface area contributed by atoms with Crippen molar-refractivity contribution in [3.63, 3.8) is 0 Å². The lowest BCUT2D eigenvalue weighted by atomic mass is 9.95. The van der Waals surface area contributed by atoms with Gasteiger partial charge in [-0.3, -0.25) is 4.79 Å². The monoisotopic (exact) mass is 330 g/mol. The predicted octanol–water partition coefficient (Wildman–Crippen LogP) is 2.48. The zero-order chi connectivity index (χ0) is 14.4. The first-order valence-electron chi connectivity index (χ1n) is 6.37. The molecule has 0 aliphatic rings. The number of carbonyl (C=O) groups is 1. The van der Waals surface area contributed by atoms with Gasteiger partial charge >= 0.3 is 0 Å². The fourth-order valence-electron chi connectivity index (χ4n) is 1.87. The zero-order valence-electron chi connectivity index (χ0n) is 11.2. The maximum absolute atomic E-state index is 13.5. The summed E-state index contributed by atoms with van der Waals surface area (Å²) in [6.07, 6.45) is 0.465. The highest BCUT2D eigenvalue weighted by Crippen LogP contribution is 2.16. The van der Waals surface area contributed by atoms with Crippen LogP contribution in [0.25, 0.3) is 0 Å². The van der Waals surface area contributed by atoms with Crippen molar-refractivity contribution in [2.75, 3.05) is 13.1 Å². The Labute approximate surface area is 121 Å². The van der Waals surface area contributed by atoms with Gasteiger partial charge in [-0.05, 0) is 36.1 Å². The second-order valence-electron chi connectivity index (χ2n) is 4.86. The highest BCUT2D eigenvalue weighted by molar-refractivity contribution is 9.10. The van der Waals surface area contributed by atoms with Crippen LogP contribution in [0.4, 0.5) is 4.39 Å². The fourth-order valence-corrected chi connectivity index (χ4v) is 2.28. The SMILES string of the molecule is CC(C)C(CN)C(=O)NCCc1cc(Br)ccc1F. The molecule has 1 amide bonds. The van der Waals surface area contributed by atoms with E-state index in [0.717, 1.165) is 4.47 Å². The van der Waals surface area contributed by atoms with Crippen molar-refractivity contribution in [3.05, 3.63) is 34.1 Å². The second kappa shape index (κ2) is 7.60. The maximum atomic E-state index is 13.5. The van der Waals surface area contributed by atoms with E-state index < -0.39 is 0 Å². The van der Waals surface area contributed by atoms with E-state index in [2.05, 4.69) is 21.2 Å². The topological polar surface area (TPSA) is 55.1 Å². The molecule has 3 N–H and O–H groups in total. The number of halogens is 2. The van der Waals surface area contributed by atoms with E-state index in [9.17, 15) is 9.18 Å². The molecule has 0 aliphatic carbocycles. The molecule has 0 bridgehead atoms. The first-order valence-corrected chi connectivity index (χ1v) is 7.16. The minimum Gasteiger partial charge on any atom is -0.355 e. The van der Waals surface area contributed by atoms with E-state index in [0.29, 0.717) is 25.1 Å². The molecule has 19 heavy (non-hydrogen) atoms. The third kappa shape index (κ3) is 4.91. The molecule has 0 aromatic heterocycles. The Morgan fingerprint density at radius 3 is 2.74 bits per heavy atom. The van der Waals surface area contributed by atoms with Crippen LogP contribution in [-0.4, -0.2) is 19.0 Å². The third-order valence-corrected chi connectivity index (χ3v) is 3.59. The van der Waals surface area contributed by atoms with Crippen molar-refractivity contribution in [1.82, 2.24) is 5.32 Å². The summed E-state index contributed by atoms with van der Waals surface area (Å²) in [5.41, 5.74) is 6.16. The number of hydrogen-bond acceptors (Lipinski definition) is 2. The molecule has 1 unspecified atom stereocenters. The van der Waals surface area contributed by atoms with Gasteiger partial charge in [-0.2, -0.15) is 0 Å². The zero-order valence-corrected chi connectivity index (χ0v) is 12.8. The molecule has 0 saturated carbocycles. The van der Waals surface area contributed by atoms with Gasteiger partial charge < -0.3 is 11.1 Å². The second-order valence-corrected chi connectivity index (χ2v) is 5.78. The minimum absolute atomic E-state index is 0.0621. The Balaban J connectivity index is 2.50. The van der Waals surface area contributed by atoms with Gasteiger partial charge in [-0.25, -0.2) is 4.39 Å². The van der Waals surface area contributed by atoms with Crippen LogP contribution in [0.5, 0.6) is 0 Å². The van der Waals surface area contributed by atoms with Crippen LogP contribution < -0.4 is 11.1 Å². The summed E-state index contributed by atoms with van der Waals surface area (Å²) >= 11 is 3.30. The van der Waals surface area contributed by atoms with Crippen LogP contribution in [-0.2, 0) is 11.2 Å². The lowest BCUT2D eigenvalue weighted by molar-refractivity contribution is -0.125. The number of rotatable bonds is 6. The summed E-state index contributed by atoms with van der Waals surface area (Å²) in [6.45, 7) is 4.67. The van der Waals surface area contributed by atoms with Gasteiger partial charge in [0.25, 0.3) is 0 Å².